The van der Waals surface area contributed by atoms with Crippen LogP contribution < -0.4 is 9.47 Å². The topological polar surface area (TPSA) is 53.4 Å². The summed E-state index contributed by atoms with van der Waals surface area (Å²) >= 11 is 0. The fourth-order valence-corrected chi connectivity index (χ4v) is 3.63. The maximum absolute atomic E-state index is 13.3. The monoisotopic (exact) mass is 402 g/mol. The highest BCUT2D eigenvalue weighted by Gasteiger charge is 2.44. The number of alkyl halides is 5. The van der Waals surface area contributed by atoms with Gasteiger partial charge in [-0.3, -0.25) is 9.48 Å². The molecule has 2 heterocycles. The van der Waals surface area contributed by atoms with Crippen molar-refractivity contribution in [3.05, 3.63) is 40.7 Å². The molecule has 28 heavy (non-hydrogen) atoms. The molecule has 10 heteroatoms. The van der Waals surface area contributed by atoms with Crippen LogP contribution in [0.3, 0.4) is 0 Å². The van der Waals surface area contributed by atoms with Crippen LogP contribution in [0, 0.1) is 0 Å². The number of Topliss-reactive ketones (excluding diaryl/α,β-unsaturated/α-hetero) is 1. The van der Waals surface area contributed by atoms with Gasteiger partial charge in [-0.2, -0.15) is 18.3 Å². The summed E-state index contributed by atoms with van der Waals surface area (Å²) in [5.74, 6) is -0.901. The molecule has 0 saturated carbocycles. The third kappa shape index (κ3) is 3.43. The first kappa shape index (κ1) is 18.7. The number of hydrogen-bond acceptors (Lipinski definition) is 4. The molecule has 1 aromatic heterocycles. The Hall–Kier alpha value is -2.65. The van der Waals surface area contributed by atoms with E-state index in [1.54, 1.807) is 0 Å². The Bertz CT molecular complexity index is 936. The Morgan fingerprint density at radius 2 is 1.93 bits per heavy atom. The van der Waals surface area contributed by atoms with Crippen molar-refractivity contribution in [2.45, 2.75) is 51.1 Å². The number of aromatic nitrogens is 2. The number of ether oxygens (including phenoxy) is 2. The summed E-state index contributed by atoms with van der Waals surface area (Å²) < 4.78 is 76.1. The van der Waals surface area contributed by atoms with E-state index in [4.69, 9.17) is 0 Å². The first-order valence-corrected chi connectivity index (χ1v) is 8.69. The van der Waals surface area contributed by atoms with Crippen LogP contribution in [0.1, 0.15) is 35.4 Å². The molecule has 0 saturated heterocycles. The van der Waals surface area contributed by atoms with E-state index in [-0.39, 0.29) is 42.0 Å². The standard InChI is InChI=1S/C18H15F5N2O3/c19-17(20,21)16-12-5-1-2-6-13(12)25(24-16)9-11(26)8-10-4-3-7-14-15(10)28-18(22,23)27-14/h3-4,7H,1-2,5-6,8-9H2. The molecule has 5 nitrogen and oxygen atoms in total. The normalized spacial score (nSPS) is 17.5. The van der Waals surface area contributed by atoms with Crippen LogP contribution in [0.25, 0.3) is 0 Å². The molecule has 0 radical (unpaired) electrons. The number of fused-ring (bicyclic) bond motifs is 2. The first-order valence-electron chi connectivity index (χ1n) is 8.69. The lowest BCUT2D eigenvalue weighted by Gasteiger charge is -2.14. The van der Waals surface area contributed by atoms with Gasteiger partial charge in [0.05, 0.1) is 0 Å². The van der Waals surface area contributed by atoms with E-state index >= 15 is 0 Å². The van der Waals surface area contributed by atoms with E-state index in [0.717, 1.165) is 11.1 Å². The van der Waals surface area contributed by atoms with Gasteiger partial charge < -0.3 is 9.47 Å². The largest absolute Gasteiger partial charge is 0.586 e. The van der Waals surface area contributed by atoms with Gasteiger partial charge in [0.15, 0.2) is 23.0 Å². The van der Waals surface area contributed by atoms with Crippen molar-refractivity contribution in [3.8, 4) is 11.5 Å². The molecular formula is C18H15F5N2O3. The minimum Gasteiger partial charge on any atom is -0.395 e. The van der Waals surface area contributed by atoms with E-state index in [0.29, 0.717) is 18.5 Å². The van der Waals surface area contributed by atoms with E-state index in [1.165, 1.54) is 18.2 Å². The summed E-state index contributed by atoms with van der Waals surface area (Å²) in [7, 11) is 0. The van der Waals surface area contributed by atoms with Gasteiger partial charge in [0, 0.05) is 23.2 Å². The number of carbonyl (C=O) groups is 1. The molecule has 150 valence electrons. The molecule has 2 aliphatic rings. The van der Waals surface area contributed by atoms with E-state index < -0.39 is 23.9 Å². The second-order valence-corrected chi connectivity index (χ2v) is 6.76. The average molecular weight is 402 g/mol. The Labute approximate surface area is 156 Å². The van der Waals surface area contributed by atoms with Crippen LogP contribution in [0.5, 0.6) is 11.5 Å². The zero-order valence-corrected chi connectivity index (χ0v) is 14.5. The van der Waals surface area contributed by atoms with Gasteiger partial charge in [-0.05, 0) is 31.7 Å². The zero-order valence-electron chi connectivity index (χ0n) is 14.5. The first-order chi connectivity index (χ1) is 13.1. The van der Waals surface area contributed by atoms with Gasteiger partial charge in [-0.25, -0.2) is 0 Å². The third-order valence-electron chi connectivity index (χ3n) is 4.75. The van der Waals surface area contributed by atoms with E-state index in [1.807, 2.05) is 0 Å². The lowest BCUT2D eigenvalue weighted by Crippen LogP contribution is -2.26. The van der Waals surface area contributed by atoms with Crippen LogP contribution in [-0.4, -0.2) is 21.9 Å². The molecule has 0 amide bonds. The summed E-state index contributed by atoms with van der Waals surface area (Å²) in [5.41, 5.74) is -0.219. The highest BCUT2D eigenvalue weighted by Crippen LogP contribution is 2.43. The number of carbonyl (C=O) groups excluding carboxylic acids is 1. The number of para-hydroxylation sites is 1. The SMILES string of the molecule is O=C(Cc1cccc2c1OC(F)(F)O2)Cn1nc(C(F)(F)F)c2c1CCCC2. The number of benzene rings is 1. The molecule has 1 aliphatic heterocycles. The van der Waals surface area contributed by atoms with Gasteiger partial charge in [0.1, 0.15) is 6.54 Å². The molecule has 0 spiro atoms. The van der Waals surface area contributed by atoms with Crippen molar-refractivity contribution >= 4 is 5.78 Å². The molecule has 1 aromatic carbocycles. The molecule has 0 fully saturated rings. The number of halogens is 5. The molecule has 0 bridgehead atoms. The molecular weight excluding hydrogens is 387 g/mol. The Balaban J connectivity index is 1.56. The van der Waals surface area contributed by atoms with Crippen LogP contribution in [0.4, 0.5) is 22.0 Å². The maximum atomic E-state index is 13.3. The van der Waals surface area contributed by atoms with Gasteiger partial charge in [-0.1, -0.05) is 12.1 Å². The fraction of sp³-hybridized carbons (Fsp3) is 0.444. The second-order valence-electron chi connectivity index (χ2n) is 6.76. The van der Waals surface area contributed by atoms with Crippen molar-refractivity contribution in [1.82, 2.24) is 9.78 Å². The predicted octanol–water partition coefficient (Wildman–Crippen LogP) is 3.91. The smallest absolute Gasteiger partial charge is 0.395 e. The second kappa shape index (κ2) is 6.46. The van der Waals surface area contributed by atoms with E-state index in [2.05, 4.69) is 14.6 Å². The number of hydrogen-bond donors (Lipinski definition) is 0. The average Bonchev–Trinajstić information content (AvgIpc) is 3.12. The van der Waals surface area contributed by atoms with Gasteiger partial charge >= 0.3 is 12.5 Å². The molecule has 2 aromatic rings. The van der Waals surface area contributed by atoms with Crippen LogP contribution in [0.2, 0.25) is 0 Å². The summed E-state index contributed by atoms with van der Waals surface area (Å²) in [6, 6.07) is 4.15. The van der Waals surface area contributed by atoms with Crippen molar-refractivity contribution in [1.29, 1.82) is 0 Å². The van der Waals surface area contributed by atoms with Gasteiger partial charge in [-0.15, -0.1) is 8.78 Å². The molecule has 0 atom stereocenters. The lowest BCUT2D eigenvalue weighted by atomic mass is 9.95. The molecule has 4 rings (SSSR count). The Morgan fingerprint density at radius 3 is 2.68 bits per heavy atom. The minimum absolute atomic E-state index is 0.142. The quantitative estimate of drug-likeness (QED) is 0.728. The summed E-state index contributed by atoms with van der Waals surface area (Å²) in [5, 5.41) is 3.64. The summed E-state index contributed by atoms with van der Waals surface area (Å²) in [4.78, 5) is 12.5. The summed E-state index contributed by atoms with van der Waals surface area (Å²) in [6.45, 7) is -0.376. The maximum Gasteiger partial charge on any atom is 0.586 e. The summed E-state index contributed by atoms with van der Waals surface area (Å²) in [6.07, 6.45) is -6.66. The van der Waals surface area contributed by atoms with Crippen molar-refractivity contribution in [3.63, 3.8) is 0 Å². The lowest BCUT2D eigenvalue weighted by molar-refractivity contribution is -0.287. The molecule has 0 unspecified atom stereocenters. The molecule has 0 N–H and O–H groups in total. The third-order valence-corrected chi connectivity index (χ3v) is 4.75. The fourth-order valence-electron chi connectivity index (χ4n) is 3.63. The van der Waals surface area contributed by atoms with Crippen LogP contribution >= 0.6 is 0 Å². The minimum atomic E-state index is -4.59. The van der Waals surface area contributed by atoms with Gasteiger partial charge in [0.25, 0.3) is 0 Å². The van der Waals surface area contributed by atoms with Gasteiger partial charge in [0.2, 0.25) is 0 Å². The molecule has 1 aliphatic carbocycles. The highest BCUT2D eigenvalue weighted by molar-refractivity contribution is 5.82. The zero-order chi connectivity index (χ0) is 20.1. The van der Waals surface area contributed by atoms with Crippen molar-refractivity contribution < 1.29 is 36.2 Å². The number of nitrogens with zero attached hydrogens (tertiary/aromatic N) is 2. The van der Waals surface area contributed by atoms with Crippen LogP contribution in [-0.2, 0) is 36.8 Å². The number of ketones is 1. The predicted molar refractivity (Wildman–Crippen MR) is 85.2 cm³/mol. The van der Waals surface area contributed by atoms with E-state index in [9.17, 15) is 26.7 Å². The van der Waals surface area contributed by atoms with Crippen molar-refractivity contribution in [2.75, 3.05) is 0 Å². The Morgan fingerprint density at radius 1 is 1.18 bits per heavy atom. The number of rotatable bonds is 4. The highest BCUT2D eigenvalue weighted by atomic mass is 19.4. The Kier molecular flexibility index (Phi) is 4.31. The van der Waals surface area contributed by atoms with Crippen LogP contribution in [0.15, 0.2) is 18.2 Å². The van der Waals surface area contributed by atoms with Crippen molar-refractivity contribution in [2.24, 2.45) is 0 Å².